The van der Waals surface area contributed by atoms with E-state index in [-0.39, 0.29) is 23.0 Å². The molecule has 1 amide bonds. The Hall–Kier alpha value is -3.39. The Balaban J connectivity index is 1.67. The fraction of sp³-hybridized carbons (Fsp3) is 0.240. The summed E-state index contributed by atoms with van der Waals surface area (Å²) < 4.78 is 17.2. The lowest BCUT2D eigenvalue weighted by molar-refractivity contribution is -0.113. The van der Waals surface area contributed by atoms with Crippen LogP contribution >= 0.6 is 11.8 Å². The van der Waals surface area contributed by atoms with Crippen LogP contribution in [0.1, 0.15) is 18.9 Å². The van der Waals surface area contributed by atoms with E-state index in [2.05, 4.69) is 5.32 Å². The number of carbonyl (C=O) groups is 1. The van der Waals surface area contributed by atoms with Crippen LogP contribution < -0.4 is 10.9 Å². The zero-order valence-corrected chi connectivity index (χ0v) is 19.6. The van der Waals surface area contributed by atoms with Gasteiger partial charge in [0.05, 0.1) is 5.75 Å². The highest BCUT2D eigenvalue weighted by molar-refractivity contribution is 7.99. The van der Waals surface area contributed by atoms with Crippen LogP contribution in [-0.2, 0) is 18.4 Å². The highest BCUT2D eigenvalue weighted by atomic mass is 32.2. The third-order valence-electron chi connectivity index (χ3n) is 5.36. The van der Waals surface area contributed by atoms with Crippen molar-refractivity contribution in [2.45, 2.75) is 32.0 Å². The van der Waals surface area contributed by atoms with Crippen LogP contribution in [0.4, 0.5) is 10.1 Å². The van der Waals surface area contributed by atoms with E-state index in [0.29, 0.717) is 34.0 Å². The number of fused-ring (bicyclic) bond motifs is 1. The summed E-state index contributed by atoms with van der Waals surface area (Å²) in [7, 11) is 1.84. The Bertz CT molecular complexity index is 1380. The van der Waals surface area contributed by atoms with Crippen molar-refractivity contribution in [3.63, 3.8) is 0 Å². The zero-order chi connectivity index (χ0) is 23.5. The van der Waals surface area contributed by atoms with Gasteiger partial charge in [-0.15, -0.1) is 0 Å². The molecule has 6 nitrogen and oxygen atoms in total. The van der Waals surface area contributed by atoms with Crippen LogP contribution in [0.5, 0.6) is 0 Å². The molecule has 0 spiro atoms. The first-order valence-electron chi connectivity index (χ1n) is 10.7. The van der Waals surface area contributed by atoms with Crippen molar-refractivity contribution in [3.05, 3.63) is 76.5 Å². The van der Waals surface area contributed by atoms with Gasteiger partial charge in [-0.2, -0.15) is 0 Å². The molecule has 2 aromatic carbocycles. The average Bonchev–Trinajstić information content (AvgIpc) is 3.14. The third-order valence-corrected chi connectivity index (χ3v) is 6.34. The minimum Gasteiger partial charge on any atom is -0.344 e. The second-order valence-electron chi connectivity index (χ2n) is 7.87. The van der Waals surface area contributed by atoms with E-state index in [9.17, 15) is 14.0 Å². The number of hydrogen-bond donors (Lipinski definition) is 1. The number of aromatic nitrogens is 3. The van der Waals surface area contributed by atoms with Crippen LogP contribution in [0, 0.1) is 12.7 Å². The summed E-state index contributed by atoms with van der Waals surface area (Å²) in [6.07, 6.45) is 2.67. The molecule has 0 aliphatic carbocycles. The van der Waals surface area contributed by atoms with Crippen LogP contribution in [0.25, 0.3) is 22.2 Å². The number of rotatable bonds is 7. The summed E-state index contributed by atoms with van der Waals surface area (Å²) in [5, 5.41) is 3.19. The van der Waals surface area contributed by atoms with Gasteiger partial charge >= 0.3 is 0 Å². The molecule has 0 aliphatic heterocycles. The van der Waals surface area contributed by atoms with Crippen LogP contribution in [0.3, 0.4) is 0 Å². The molecule has 0 saturated heterocycles. The standard InChI is InChI=1S/C25H25FN4O2S/c1-4-12-30-24(32)23-22(19(14-29(23)3)17-8-6-5-7-9-17)28-25(30)33-15-21(31)27-18-11-10-16(2)20(26)13-18/h5-11,13-14H,4,12,15H2,1-3H3,(H,27,31). The van der Waals surface area contributed by atoms with E-state index < -0.39 is 0 Å². The Morgan fingerprint density at radius 2 is 1.94 bits per heavy atom. The van der Waals surface area contributed by atoms with Gasteiger partial charge in [-0.3, -0.25) is 14.2 Å². The van der Waals surface area contributed by atoms with Gasteiger partial charge in [0.15, 0.2) is 5.16 Å². The van der Waals surface area contributed by atoms with Crippen molar-refractivity contribution in [3.8, 4) is 11.1 Å². The molecule has 33 heavy (non-hydrogen) atoms. The number of amides is 1. The fourth-order valence-corrected chi connectivity index (χ4v) is 4.53. The van der Waals surface area contributed by atoms with Gasteiger partial charge in [0.2, 0.25) is 5.91 Å². The molecule has 2 aromatic heterocycles. The summed E-state index contributed by atoms with van der Waals surface area (Å²) in [5.41, 5.74) is 3.77. The Labute approximate surface area is 195 Å². The second-order valence-corrected chi connectivity index (χ2v) is 8.81. The number of benzene rings is 2. The molecule has 2 heterocycles. The van der Waals surface area contributed by atoms with Crippen molar-refractivity contribution in [2.24, 2.45) is 7.05 Å². The van der Waals surface area contributed by atoms with Gasteiger partial charge in [0, 0.05) is 31.0 Å². The summed E-state index contributed by atoms with van der Waals surface area (Å²) in [6.45, 7) is 4.16. The molecule has 170 valence electrons. The number of carbonyl (C=O) groups excluding carboxylic acids is 1. The molecular weight excluding hydrogens is 439 g/mol. The molecule has 1 N–H and O–H groups in total. The van der Waals surface area contributed by atoms with Crippen molar-refractivity contribution in [1.29, 1.82) is 0 Å². The van der Waals surface area contributed by atoms with Gasteiger partial charge in [0.25, 0.3) is 5.56 Å². The van der Waals surface area contributed by atoms with E-state index in [4.69, 9.17) is 4.98 Å². The monoisotopic (exact) mass is 464 g/mol. The maximum atomic E-state index is 13.8. The normalized spacial score (nSPS) is 11.2. The summed E-state index contributed by atoms with van der Waals surface area (Å²) >= 11 is 1.20. The Morgan fingerprint density at radius 3 is 2.64 bits per heavy atom. The number of nitrogens with zero attached hydrogens (tertiary/aromatic N) is 3. The van der Waals surface area contributed by atoms with E-state index in [0.717, 1.165) is 17.5 Å². The SMILES string of the molecule is CCCn1c(SCC(=O)Nc2ccc(C)c(F)c2)nc2c(-c3ccccc3)cn(C)c2c1=O. The maximum Gasteiger partial charge on any atom is 0.278 e. The lowest BCUT2D eigenvalue weighted by atomic mass is 10.1. The minimum absolute atomic E-state index is 0.0463. The molecule has 0 aliphatic rings. The number of halogens is 1. The van der Waals surface area contributed by atoms with Gasteiger partial charge in [-0.05, 0) is 36.6 Å². The fourth-order valence-electron chi connectivity index (χ4n) is 3.71. The summed E-state index contributed by atoms with van der Waals surface area (Å²) in [6, 6.07) is 14.4. The predicted octanol–water partition coefficient (Wildman–Crippen LogP) is 4.99. The molecule has 4 rings (SSSR count). The van der Waals surface area contributed by atoms with Crippen LogP contribution in [0.15, 0.2) is 64.7 Å². The minimum atomic E-state index is -0.373. The number of nitrogens with one attached hydrogen (secondary N) is 1. The molecule has 0 fully saturated rings. The van der Waals surface area contributed by atoms with Gasteiger partial charge in [-0.1, -0.05) is 55.1 Å². The highest BCUT2D eigenvalue weighted by Gasteiger charge is 2.19. The average molecular weight is 465 g/mol. The number of anilines is 1. The molecule has 0 radical (unpaired) electrons. The first kappa shape index (κ1) is 22.8. The van der Waals surface area contributed by atoms with Crippen LogP contribution in [-0.4, -0.2) is 25.8 Å². The highest BCUT2D eigenvalue weighted by Crippen LogP contribution is 2.29. The molecule has 0 bridgehead atoms. The summed E-state index contributed by atoms with van der Waals surface area (Å²) in [5.74, 6) is -0.621. The van der Waals surface area contributed by atoms with Gasteiger partial charge in [-0.25, -0.2) is 9.37 Å². The second kappa shape index (κ2) is 9.62. The molecular formula is C25H25FN4O2S. The van der Waals surface area contributed by atoms with Crippen molar-refractivity contribution < 1.29 is 9.18 Å². The van der Waals surface area contributed by atoms with E-state index >= 15 is 0 Å². The lowest BCUT2D eigenvalue weighted by Gasteiger charge is -2.12. The van der Waals surface area contributed by atoms with E-state index in [1.807, 2.05) is 55.1 Å². The molecule has 0 atom stereocenters. The predicted molar refractivity (Wildman–Crippen MR) is 131 cm³/mol. The third kappa shape index (κ3) is 4.71. The van der Waals surface area contributed by atoms with Crippen molar-refractivity contribution in [1.82, 2.24) is 14.1 Å². The topological polar surface area (TPSA) is 68.9 Å². The number of thioether (sulfide) groups is 1. The summed E-state index contributed by atoms with van der Waals surface area (Å²) in [4.78, 5) is 30.7. The quantitative estimate of drug-likeness (QED) is 0.309. The lowest BCUT2D eigenvalue weighted by Crippen LogP contribution is -2.25. The Morgan fingerprint density at radius 1 is 1.18 bits per heavy atom. The van der Waals surface area contributed by atoms with Crippen molar-refractivity contribution >= 4 is 34.4 Å². The molecule has 0 saturated carbocycles. The first-order valence-corrected chi connectivity index (χ1v) is 11.7. The van der Waals surface area contributed by atoms with Gasteiger partial charge in [0.1, 0.15) is 16.9 Å². The molecule has 4 aromatic rings. The van der Waals surface area contributed by atoms with E-state index in [1.54, 1.807) is 23.6 Å². The largest absolute Gasteiger partial charge is 0.344 e. The molecule has 0 unspecified atom stereocenters. The van der Waals surface area contributed by atoms with Crippen molar-refractivity contribution in [2.75, 3.05) is 11.1 Å². The van der Waals surface area contributed by atoms with E-state index in [1.165, 1.54) is 17.8 Å². The molecule has 8 heteroatoms. The maximum absolute atomic E-state index is 13.8. The Kier molecular flexibility index (Phi) is 6.65. The zero-order valence-electron chi connectivity index (χ0n) is 18.8. The number of aryl methyl sites for hydroxylation is 2. The van der Waals surface area contributed by atoms with Crippen LogP contribution in [0.2, 0.25) is 0 Å². The smallest absolute Gasteiger partial charge is 0.278 e. The van der Waals surface area contributed by atoms with Gasteiger partial charge < -0.3 is 9.88 Å². The number of hydrogen-bond acceptors (Lipinski definition) is 4. The first-order chi connectivity index (χ1) is 15.9.